The van der Waals surface area contributed by atoms with E-state index in [0.29, 0.717) is 5.82 Å². The van der Waals surface area contributed by atoms with Crippen LogP contribution in [0.1, 0.15) is 33.4 Å². The molecule has 0 aliphatic heterocycles. The summed E-state index contributed by atoms with van der Waals surface area (Å²) in [6.45, 7) is 10.4. The summed E-state index contributed by atoms with van der Waals surface area (Å²) in [6.07, 6.45) is 0. The molecular formula is C12H19N3O. The lowest BCUT2D eigenvalue weighted by Crippen LogP contribution is -2.17. The van der Waals surface area contributed by atoms with E-state index in [-0.39, 0.29) is 22.7 Å². The maximum Gasteiger partial charge on any atom is 0.229 e. The second-order valence-corrected chi connectivity index (χ2v) is 5.80. The minimum Gasteiger partial charge on any atom is -0.309 e. The van der Waals surface area contributed by atoms with Gasteiger partial charge in [-0.2, -0.15) is 5.10 Å². The highest BCUT2D eigenvalue weighted by molar-refractivity contribution is 5.95. The molecule has 1 amide bonds. The number of carbonyl (C=O) groups excluding carboxylic acids is 1. The fourth-order valence-corrected chi connectivity index (χ4v) is 2.53. The van der Waals surface area contributed by atoms with Gasteiger partial charge in [0.2, 0.25) is 5.91 Å². The second-order valence-electron chi connectivity index (χ2n) is 5.80. The molecule has 1 aliphatic carbocycles. The van der Waals surface area contributed by atoms with Gasteiger partial charge < -0.3 is 5.32 Å². The monoisotopic (exact) mass is 221 g/mol. The van der Waals surface area contributed by atoms with Crippen molar-refractivity contribution in [2.45, 2.75) is 34.6 Å². The van der Waals surface area contributed by atoms with Crippen LogP contribution in [0.3, 0.4) is 0 Å². The lowest BCUT2D eigenvalue weighted by molar-refractivity contribution is -0.118. The number of aromatic amines is 1. The Bertz CT molecular complexity index is 417. The van der Waals surface area contributed by atoms with Crippen LogP contribution in [0, 0.1) is 23.7 Å². The molecule has 1 saturated carbocycles. The number of rotatable bonds is 2. The molecule has 0 bridgehead atoms. The van der Waals surface area contributed by atoms with Crippen molar-refractivity contribution in [3.63, 3.8) is 0 Å². The predicted octanol–water partition coefficient (Wildman–Crippen LogP) is 2.34. The van der Waals surface area contributed by atoms with Crippen LogP contribution in [0.2, 0.25) is 0 Å². The Labute approximate surface area is 95.8 Å². The first kappa shape index (κ1) is 11.2. The van der Waals surface area contributed by atoms with Gasteiger partial charge in [-0.25, -0.2) is 0 Å². The van der Waals surface area contributed by atoms with Crippen molar-refractivity contribution in [2.75, 3.05) is 5.32 Å². The first-order valence-electron chi connectivity index (χ1n) is 5.59. The lowest BCUT2D eigenvalue weighted by atomic mass is 10.0. The van der Waals surface area contributed by atoms with E-state index in [1.165, 1.54) is 0 Å². The van der Waals surface area contributed by atoms with Gasteiger partial charge >= 0.3 is 0 Å². The number of hydrogen-bond acceptors (Lipinski definition) is 2. The topological polar surface area (TPSA) is 57.8 Å². The highest BCUT2D eigenvalue weighted by Gasteiger charge is 2.68. The van der Waals surface area contributed by atoms with E-state index in [1.807, 2.05) is 13.0 Å². The van der Waals surface area contributed by atoms with Crippen molar-refractivity contribution in [3.05, 3.63) is 11.8 Å². The lowest BCUT2D eigenvalue weighted by Gasteiger charge is -2.03. The van der Waals surface area contributed by atoms with Gasteiger partial charge in [0, 0.05) is 17.7 Å². The number of nitrogens with one attached hydrogen (secondary N) is 2. The summed E-state index contributed by atoms with van der Waals surface area (Å²) in [5, 5.41) is 9.67. The number of aromatic nitrogens is 2. The number of nitrogens with zero attached hydrogens (tertiary/aromatic N) is 1. The fourth-order valence-electron chi connectivity index (χ4n) is 2.53. The first-order chi connectivity index (χ1) is 7.26. The molecule has 16 heavy (non-hydrogen) atoms. The third-order valence-corrected chi connectivity index (χ3v) is 4.24. The molecule has 0 unspecified atom stereocenters. The molecule has 0 aromatic carbocycles. The Morgan fingerprint density at radius 3 is 2.31 bits per heavy atom. The van der Waals surface area contributed by atoms with Crippen LogP contribution in [-0.4, -0.2) is 16.1 Å². The molecule has 1 fully saturated rings. The van der Waals surface area contributed by atoms with E-state index < -0.39 is 0 Å². The number of carbonyl (C=O) groups is 1. The van der Waals surface area contributed by atoms with Crippen molar-refractivity contribution in [1.29, 1.82) is 0 Å². The van der Waals surface area contributed by atoms with E-state index in [1.54, 1.807) is 0 Å². The maximum atomic E-state index is 12.1. The molecule has 1 aliphatic rings. The zero-order valence-corrected chi connectivity index (χ0v) is 10.5. The quantitative estimate of drug-likeness (QED) is 0.805. The largest absolute Gasteiger partial charge is 0.309 e. The van der Waals surface area contributed by atoms with Crippen LogP contribution < -0.4 is 5.32 Å². The van der Waals surface area contributed by atoms with Gasteiger partial charge in [0.1, 0.15) is 0 Å². The minimum atomic E-state index is 0.0667. The van der Waals surface area contributed by atoms with Crippen molar-refractivity contribution < 1.29 is 4.79 Å². The number of amides is 1. The number of aryl methyl sites for hydroxylation is 1. The van der Waals surface area contributed by atoms with Crippen molar-refractivity contribution in [2.24, 2.45) is 16.7 Å². The molecule has 88 valence electrons. The predicted molar refractivity (Wildman–Crippen MR) is 63.0 cm³/mol. The molecule has 1 aromatic rings. The minimum absolute atomic E-state index is 0.0667. The molecule has 0 spiro atoms. The molecule has 1 aromatic heterocycles. The number of anilines is 1. The summed E-state index contributed by atoms with van der Waals surface area (Å²) >= 11 is 0. The summed E-state index contributed by atoms with van der Waals surface area (Å²) in [5.74, 6) is 0.750. The second kappa shape index (κ2) is 3.09. The van der Waals surface area contributed by atoms with E-state index in [2.05, 4.69) is 43.2 Å². The van der Waals surface area contributed by atoms with Crippen LogP contribution >= 0.6 is 0 Å². The molecular weight excluding hydrogens is 202 g/mol. The molecule has 4 heteroatoms. The van der Waals surface area contributed by atoms with Gasteiger partial charge in [-0.15, -0.1) is 0 Å². The highest BCUT2D eigenvalue weighted by Crippen LogP contribution is 2.68. The van der Waals surface area contributed by atoms with Crippen molar-refractivity contribution in [1.82, 2.24) is 10.2 Å². The van der Waals surface area contributed by atoms with Crippen molar-refractivity contribution in [3.8, 4) is 0 Å². The molecule has 4 nitrogen and oxygen atoms in total. The zero-order valence-electron chi connectivity index (χ0n) is 10.5. The molecule has 0 saturated heterocycles. The molecule has 0 radical (unpaired) electrons. The standard InChI is InChI=1S/C12H19N3O/c1-7-6-8(15-14-7)13-10(16)9-11(2,3)12(9,4)5/h6,9H,1-5H3,(H2,13,14,15,16). The van der Waals surface area contributed by atoms with Crippen LogP contribution in [0.4, 0.5) is 5.82 Å². The van der Waals surface area contributed by atoms with Crippen LogP contribution in [-0.2, 0) is 4.79 Å². The maximum absolute atomic E-state index is 12.1. The van der Waals surface area contributed by atoms with Crippen LogP contribution in [0.15, 0.2) is 6.07 Å². The Hall–Kier alpha value is -1.32. The SMILES string of the molecule is Cc1cc(NC(=O)C2C(C)(C)C2(C)C)n[nH]1. The number of hydrogen-bond donors (Lipinski definition) is 2. The molecule has 2 rings (SSSR count). The molecule has 2 N–H and O–H groups in total. The third-order valence-electron chi connectivity index (χ3n) is 4.24. The summed E-state index contributed by atoms with van der Waals surface area (Å²) in [7, 11) is 0. The molecule has 1 heterocycles. The average molecular weight is 221 g/mol. The highest BCUT2D eigenvalue weighted by atomic mass is 16.2. The summed E-state index contributed by atoms with van der Waals surface area (Å²) < 4.78 is 0. The smallest absolute Gasteiger partial charge is 0.229 e. The third kappa shape index (κ3) is 1.44. The summed E-state index contributed by atoms with van der Waals surface area (Å²) in [5.41, 5.74) is 1.09. The van der Waals surface area contributed by atoms with Crippen LogP contribution in [0.25, 0.3) is 0 Å². The van der Waals surface area contributed by atoms with E-state index in [0.717, 1.165) is 5.69 Å². The van der Waals surface area contributed by atoms with Gasteiger partial charge in [0.15, 0.2) is 5.82 Å². The Balaban J connectivity index is 2.06. The van der Waals surface area contributed by atoms with Gasteiger partial charge in [0.05, 0.1) is 0 Å². The number of H-pyrrole nitrogens is 1. The first-order valence-corrected chi connectivity index (χ1v) is 5.59. The van der Waals surface area contributed by atoms with E-state index in [4.69, 9.17) is 0 Å². The van der Waals surface area contributed by atoms with Gasteiger partial charge in [0.25, 0.3) is 0 Å². The van der Waals surface area contributed by atoms with Gasteiger partial charge in [-0.3, -0.25) is 9.89 Å². The van der Waals surface area contributed by atoms with Crippen molar-refractivity contribution >= 4 is 11.7 Å². The Morgan fingerprint density at radius 2 is 1.94 bits per heavy atom. The van der Waals surface area contributed by atoms with E-state index >= 15 is 0 Å². The van der Waals surface area contributed by atoms with Crippen LogP contribution in [0.5, 0.6) is 0 Å². The Kier molecular flexibility index (Phi) is 2.16. The molecule has 0 atom stereocenters. The summed E-state index contributed by atoms with van der Waals surface area (Å²) in [6, 6.07) is 1.83. The summed E-state index contributed by atoms with van der Waals surface area (Å²) in [4.78, 5) is 12.1. The fraction of sp³-hybridized carbons (Fsp3) is 0.667. The zero-order chi connectivity index (χ0) is 12.1. The van der Waals surface area contributed by atoms with E-state index in [9.17, 15) is 4.79 Å². The van der Waals surface area contributed by atoms with Gasteiger partial charge in [-0.1, -0.05) is 27.7 Å². The Morgan fingerprint density at radius 1 is 1.38 bits per heavy atom. The normalized spacial score (nSPS) is 21.8. The average Bonchev–Trinajstić information content (AvgIpc) is 2.44. The van der Waals surface area contributed by atoms with Gasteiger partial charge in [-0.05, 0) is 17.8 Å².